The van der Waals surface area contributed by atoms with Gasteiger partial charge in [-0.05, 0) is 29.3 Å². The molecule has 0 radical (unpaired) electrons. The maximum atomic E-state index is 5.97. The predicted octanol–water partition coefficient (Wildman–Crippen LogP) is 4.01. The summed E-state index contributed by atoms with van der Waals surface area (Å²) < 4.78 is 5.53. The average Bonchev–Trinajstić information content (AvgIpc) is 2.47. The highest BCUT2D eigenvalue weighted by Gasteiger charge is 2.24. The van der Waals surface area contributed by atoms with Gasteiger partial charge in [0, 0.05) is 29.6 Å². The lowest BCUT2D eigenvalue weighted by Gasteiger charge is -2.28. The highest BCUT2D eigenvalue weighted by molar-refractivity contribution is 6.30. The number of benzene rings is 2. The van der Waals surface area contributed by atoms with Gasteiger partial charge in [0.25, 0.3) is 0 Å². The molecule has 3 rings (SSSR count). The molecule has 4 heteroatoms. The highest BCUT2D eigenvalue weighted by Crippen LogP contribution is 2.36. The quantitative estimate of drug-likeness (QED) is 0.905. The first-order chi connectivity index (χ1) is 9.29. The number of halogens is 2. The molecule has 2 aromatic carbocycles. The molecule has 1 unspecified atom stereocenters. The van der Waals surface area contributed by atoms with E-state index in [0.717, 1.165) is 23.9 Å². The third-order valence-corrected chi connectivity index (χ3v) is 3.91. The van der Waals surface area contributed by atoms with Crippen molar-refractivity contribution < 1.29 is 4.74 Å². The molecule has 0 amide bonds. The molecule has 0 fully saturated rings. The molecule has 1 aliphatic rings. The Hall–Kier alpha value is -1.22. The maximum absolute atomic E-state index is 5.97. The number of methoxy groups -OCH3 is 1. The van der Waals surface area contributed by atoms with Gasteiger partial charge in [0.15, 0.2) is 0 Å². The SMILES string of the molecule is COc1cccc2c1C(c1ccc(Cl)cc1)CNC2.Cl. The van der Waals surface area contributed by atoms with E-state index in [9.17, 15) is 0 Å². The van der Waals surface area contributed by atoms with Crippen molar-refractivity contribution in [1.29, 1.82) is 0 Å². The van der Waals surface area contributed by atoms with Gasteiger partial charge in [0.05, 0.1) is 7.11 Å². The number of ether oxygens (including phenoxy) is 1. The molecule has 2 aromatic rings. The van der Waals surface area contributed by atoms with Gasteiger partial charge in [0.2, 0.25) is 0 Å². The van der Waals surface area contributed by atoms with Crippen LogP contribution in [0.2, 0.25) is 5.02 Å². The number of hydrogen-bond acceptors (Lipinski definition) is 2. The highest BCUT2D eigenvalue weighted by atomic mass is 35.5. The fraction of sp³-hybridized carbons (Fsp3) is 0.250. The summed E-state index contributed by atoms with van der Waals surface area (Å²) in [6.45, 7) is 1.83. The number of nitrogens with one attached hydrogen (secondary N) is 1. The lowest BCUT2D eigenvalue weighted by Crippen LogP contribution is -2.29. The fourth-order valence-corrected chi connectivity index (χ4v) is 2.88. The Labute approximate surface area is 130 Å². The molecule has 0 aliphatic carbocycles. The van der Waals surface area contributed by atoms with E-state index in [2.05, 4.69) is 23.5 Å². The number of hydrogen-bond donors (Lipinski definition) is 1. The summed E-state index contributed by atoms with van der Waals surface area (Å²) in [4.78, 5) is 0. The molecule has 0 aromatic heterocycles. The van der Waals surface area contributed by atoms with Crippen molar-refractivity contribution in [2.45, 2.75) is 12.5 Å². The lowest BCUT2D eigenvalue weighted by atomic mass is 9.85. The minimum atomic E-state index is 0. The van der Waals surface area contributed by atoms with E-state index < -0.39 is 0 Å². The van der Waals surface area contributed by atoms with E-state index in [4.69, 9.17) is 16.3 Å². The van der Waals surface area contributed by atoms with Crippen molar-refractivity contribution in [3.05, 3.63) is 64.2 Å². The molecule has 0 bridgehead atoms. The van der Waals surface area contributed by atoms with Gasteiger partial charge in [-0.3, -0.25) is 0 Å². The minimum absolute atomic E-state index is 0. The molecule has 0 saturated heterocycles. The summed E-state index contributed by atoms with van der Waals surface area (Å²) in [5, 5.41) is 4.24. The van der Waals surface area contributed by atoms with Crippen LogP contribution >= 0.6 is 24.0 Å². The van der Waals surface area contributed by atoms with E-state index in [-0.39, 0.29) is 12.4 Å². The Kier molecular flexibility index (Phi) is 4.92. The molecule has 20 heavy (non-hydrogen) atoms. The molecule has 106 valence electrons. The Balaban J connectivity index is 0.00000147. The second-order valence-electron chi connectivity index (χ2n) is 4.77. The molecule has 2 nitrogen and oxygen atoms in total. The van der Waals surface area contributed by atoms with Crippen LogP contribution in [0.1, 0.15) is 22.6 Å². The summed E-state index contributed by atoms with van der Waals surface area (Å²) in [6, 6.07) is 14.3. The van der Waals surface area contributed by atoms with E-state index in [1.54, 1.807) is 7.11 Å². The third kappa shape index (κ3) is 2.78. The monoisotopic (exact) mass is 309 g/mol. The largest absolute Gasteiger partial charge is 0.496 e. The van der Waals surface area contributed by atoms with E-state index in [1.165, 1.54) is 16.7 Å². The molecule has 1 N–H and O–H groups in total. The summed E-state index contributed by atoms with van der Waals surface area (Å²) in [6.07, 6.45) is 0. The zero-order valence-corrected chi connectivity index (χ0v) is 12.8. The standard InChI is InChI=1S/C16H16ClNO.ClH/c1-19-15-4-2-3-12-9-18-10-14(16(12)15)11-5-7-13(17)8-6-11;/h2-8,14,18H,9-10H2,1H3;1H. The zero-order chi connectivity index (χ0) is 13.2. The smallest absolute Gasteiger partial charge is 0.123 e. The molecular formula is C16H17Cl2NO. The summed E-state index contributed by atoms with van der Waals surface area (Å²) in [5.74, 6) is 1.29. The van der Waals surface area contributed by atoms with Crippen molar-refractivity contribution in [3.8, 4) is 5.75 Å². The topological polar surface area (TPSA) is 21.3 Å². The summed E-state index contributed by atoms with van der Waals surface area (Å²) in [5.41, 5.74) is 3.87. The molecule has 1 atom stereocenters. The van der Waals surface area contributed by atoms with Crippen molar-refractivity contribution in [2.75, 3.05) is 13.7 Å². The van der Waals surface area contributed by atoms with Crippen LogP contribution in [-0.4, -0.2) is 13.7 Å². The number of fused-ring (bicyclic) bond motifs is 1. The molecule has 1 aliphatic heterocycles. The van der Waals surface area contributed by atoms with Crippen LogP contribution in [-0.2, 0) is 6.54 Å². The van der Waals surface area contributed by atoms with Gasteiger partial charge >= 0.3 is 0 Å². The van der Waals surface area contributed by atoms with Crippen molar-refractivity contribution in [1.82, 2.24) is 5.32 Å². The zero-order valence-electron chi connectivity index (χ0n) is 11.2. The van der Waals surface area contributed by atoms with Crippen LogP contribution in [0.15, 0.2) is 42.5 Å². The predicted molar refractivity (Wildman–Crippen MR) is 85.2 cm³/mol. The first kappa shape index (κ1) is 15.2. The number of rotatable bonds is 2. The van der Waals surface area contributed by atoms with Gasteiger partial charge in [-0.1, -0.05) is 35.9 Å². The minimum Gasteiger partial charge on any atom is -0.496 e. The summed E-state index contributed by atoms with van der Waals surface area (Å²) in [7, 11) is 1.73. The Morgan fingerprint density at radius 2 is 1.90 bits per heavy atom. The van der Waals surface area contributed by atoms with Gasteiger partial charge in [0.1, 0.15) is 5.75 Å². The second kappa shape index (κ2) is 6.49. The van der Waals surface area contributed by atoms with Gasteiger partial charge < -0.3 is 10.1 Å². The first-order valence-corrected chi connectivity index (χ1v) is 6.79. The normalized spacial score (nSPS) is 17.0. The van der Waals surface area contributed by atoms with Gasteiger partial charge in [-0.15, -0.1) is 12.4 Å². The van der Waals surface area contributed by atoms with Crippen LogP contribution in [0.25, 0.3) is 0 Å². The maximum Gasteiger partial charge on any atom is 0.123 e. The van der Waals surface area contributed by atoms with Gasteiger partial charge in [-0.25, -0.2) is 0 Å². The first-order valence-electron chi connectivity index (χ1n) is 6.41. The van der Waals surface area contributed by atoms with Crippen LogP contribution < -0.4 is 10.1 Å². The Morgan fingerprint density at radius 3 is 2.60 bits per heavy atom. The van der Waals surface area contributed by atoms with Crippen molar-refractivity contribution in [2.24, 2.45) is 0 Å². The fourth-order valence-electron chi connectivity index (χ4n) is 2.75. The van der Waals surface area contributed by atoms with E-state index in [0.29, 0.717) is 5.92 Å². The van der Waals surface area contributed by atoms with Crippen LogP contribution in [0.4, 0.5) is 0 Å². The molecular weight excluding hydrogens is 293 g/mol. The van der Waals surface area contributed by atoms with Gasteiger partial charge in [-0.2, -0.15) is 0 Å². The van der Waals surface area contributed by atoms with Crippen LogP contribution in [0, 0.1) is 0 Å². The van der Waals surface area contributed by atoms with Crippen molar-refractivity contribution >= 4 is 24.0 Å². The van der Waals surface area contributed by atoms with E-state index >= 15 is 0 Å². The Morgan fingerprint density at radius 1 is 1.15 bits per heavy atom. The third-order valence-electron chi connectivity index (χ3n) is 3.66. The molecule has 1 heterocycles. The lowest BCUT2D eigenvalue weighted by molar-refractivity contribution is 0.402. The molecule has 0 saturated carbocycles. The average molecular weight is 310 g/mol. The second-order valence-corrected chi connectivity index (χ2v) is 5.20. The van der Waals surface area contributed by atoms with Crippen LogP contribution in [0.3, 0.4) is 0 Å². The van der Waals surface area contributed by atoms with Crippen LogP contribution in [0.5, 0.6) is 5.75 Å². The molecule has 0 spiro atoms. The van der Waals surface area contributed by atoms with E-state index in [1.807, 2.05) is 24.3 Å². The summed E-state index contributed by atoms with van der Waals surface area (Å²) >= 11 is 5.97. The Bertz CT molecular complexity index is 569. The van der Waals surface area contributed by atoms with Crippen molar-refractivity contribution in [3.63, 3.8) is 0 Å².